The fourth-order valence-corrected chi connectivity index (χ4v) is 3.74. The molecule has 0 unspecified atom stereocenters. The van der Waals surface area contributed by atoms with Gasteiger partial charge in [-0.1, -0.05) is 24.3 Å². The van der Waals surface area contributed by atoms with Crippen LogP contribution in [-0.2, 0) is 6.42 Å². The second-order valence-corrected chi connectivity index (χ2v) is 7.02. The lowest BCUT2D eigenvalue weighted by Crippen LogP contribution is -2.50. The van der Waals surface area contributed by atoms with Crippen LogP contribution in [0.3, 0.4) is 0 Å². The van der Waals surface area contributed by atoms with Crippen LogP contribution < -0.4 is 5.32 Å². The summed E-state index contributed by atoms with van der Waals surface area (Å²) in [5.41, 5.74) is 1.84. The Bertz CT molecular complexity index is 722. The number of benzene rings is 1. The maximum Gasteiger partial charge on any atom is 0.264 e. The van der Waals surface area contributed by atoms with Crippen LogP contribution in [0.4, 0.5) is 0 Å². The lowest BCUT2D eigenvalue weighted by molar-refractivity contribution is 0.0537. The van der Waals surface area contributed by atoms with Crippen LogP contribution in [0.2, 0.25) is 0 Å². The number of rotatable bonds is 5. The number of hydrogen-bond acceptors (Lipinski definition) is 4. The first-order valence-electron chi connectivity index (χ1n) is 8.55. The molecule has 132 valence electrons. The van der Waals surface area contributed by atoms with Crippen molar-refractivity contribution in [3.63, 3.8) is 0 Å². The van der Waals surface area contributed by atoms with Gasteiger partial charge in [0.15, 0.2) is 0 Å². The average Bonchev–Trinajstić information content (AvgIpc) is 3.20. The summed E-state index contributed by atoms with van der Waals surface area (Å²) >= 11 is 1.46. The zero-order valence-electron chi connectivity index (χ0n) is 14.4. The highest BCUT2D eigenvalue weighted by atomic mass is 32.1. The zero-order valence-corrected chi connectivity index (χ0v) is 15.2. The number of likely N-dealkylation sites (N-methyl/N-ethyl adjacent to an activating group) is 1. The van der Waals surface area contributed by atoms with Crippen molar-refractivity contribution in [1.29, 1.82) is 0 Å². The van der Waals surface area contributed by atoms with Crippen molar-refractivity contribution in [2.75, 3.05) is 39.8 Å². The third-order valence-electron chi connectivity index (χ3n) is 4.48. The highest BCUT2D eigenvalue weighted by molar-refractivity contribution is 7.12. The van der Waals surface area contributed by atoms with Crippen molar-refractivity contribution < 1.29 is 9.59 Å². The Hall–Kier alpha value is -2.18. The molecule has 1 aliphatic rings. The molecule has 1 fully saturated rings. The minimum absolute atomic E-state index is 0.0647. The maximum atomic E-state index is 12.9. The number of nitrogens with one attached hydrogen (secondary N) is 1. The van der Waals surface area contributed by atoms with Gasteiger partial charge in [0.25, 0.3) is 11.8 Å². The molecule has 1 N–H and O–H groups in total. The largest absolute Gasteiger partial charge is 0.335 e. The molecule has 1 aliphatic heterocycles. The minimum Gasteiger partial charge on any atom is -0.335 e. The number of amides is 2. The molecule has 0 atom stereocenters. The van der Waals surface area contributed by atoms with E-state index in [0.29, 0.717) is 26.2 Å². The first-order valence-corrected chi connectivity index (χ1v) is 9.43. The number of thiophene rings is 1. The van der Waals surface area contributed by atoms with E-state index in [2.05, 4.69) is 5.32 Å². The molecule has 1 saturated heterocycles. The molecule has 2 aromatic rings. The Morgan fingerprint density at radius 3 is 2.32 bits per heavy atom. The van der Waals surface area contributed by atoms with Gasteiger partial charge >= 0.3 is 0 Å². The summed E-state index contributed by atoms with van der Waals surface area (Å²) in [6.45, 7) is 3.17. The van der Waals surface area contributed by atoms with Gasteiger partial charge in [-0.3, -0.25) is 9.59 Å². The molecule has 2 amide bonds. The fraction of sp³-hybridized carbons (Fsp3) is 0.368. The Morgan fingerprint density at radius 2 is 1.68 bits per heavy atom. The molecule has 0 bridgehead atoms. The molecule has 0 saturated carbocycles. The average molecular weight is 357 g/mol. The van der Waals surface area contributed by atoms with Crippen LogP contribution in [0.25, 0.3) is 0 Å². The van der Waals surface area contributed by atoms with Crippen LogP contribution in [0.5, 0.6) is 0 Å². The Morgan fingerprint density at radius 1 is 1.00 bits per heavy atom. The van der Waals surface area contributed by atoms with E-state index >= 15 is 0 Å². The summed E-state index contributed by atoms with van der Waals surface area (Å²) in [7, 11) is 1.91. The van der Waals surface area contributed by atoms with E-state index in [0.717, 1.165) is 29.0 Å². The van der Waals surface area contributed by atoms with E-state index in [1.807, 2.05) is 58.6 Å². The summed E-state index contributed by atoms with van der Waals surface area (Å²) < 4.78 is 0. The van der Waals surface area contributed by atoms with Gasteiger partial charge in [0.05, 0.1) is 4.88 Å². The lowest BCUT2D eigenvalue weighted by atomic mass is 10.0. The van der Waals surface area contributed by atoms with Gasteiger partial charge in [-0.05, 0) is 43.1 Å². The van der Waals surface area contributed by atoms with E-state index in [4.69, 9.17) is 0 Å². The molecular formula is C19H23N3O2S. The highest BCUT2D eigenvalue weighted by Gasteiger charge is 2.26. The summed E-state index contributed by atoms with van der Waals surface area (Å²) in [6.07, 6.45) is 0.829. The smallest absolute Gasteiger partial charge is 0.264 e. The molecule has 6 heteroatoms. The van der Waals surface area contributed by atoms with Crippen molar-refractivity contribution in [3.8, 4) is 0 Å². The summed E-state index contributed by atoms with van der Waals surface area (Å²) in [5, 5.41) is 5.04. The molecule has 0 spiro atoms. The second-order valence-electron chi connectivity index (χ2n) is 6.07. The standard InChI is InChI=1S/C19H23N3O2S/c1-20-9-8-15-5-2-3-6-16(15)18(23)21-10-12-22(13-11-21)19(24)17-7-4-14-25-17/h2-7,14,20H,8-13H2,1H3. The molecule has 0 aliphatic carbocycles. The second kappa shape index (κ2) is 8.27. The Balaban J connectivity index is 1.63. The Labute approximate surface area is 152 Å². The highest BCUT2D eigenvalue weighted by Crippen LogP contribution is 2.17. The minimum atomic E-state index is 0.0647. The first kappa shape index (κ1) is 17.6. The van der Waals surface area contributed by atoms with Gasteiger partial charge in [0, 0.05) is 31.7 Å². The topological polar surface area (TPSA) is 52.7 Å². The molecule has 2 heterocycles. The zero-order chi connectivity index (χ0) is 17.6. The molecule has 1 aromatic heterocycles. The fourth-order valence-electron chi connectivity index (χ4n) is 3.05. The SMILES string of the molecule is CNCCc1ccccc1C(=O)N1CCN(C(=O)c2cccs2)CC1. The molecule has 3 rings (SSSR count). The number of carbonyl (C=O) groups excluding carboxylic acids is 2. The summed E-state index contributed by atoms with van der Waals surface area (Å²) in [4.78, 5) is 29.8. The number of carbonyl (C=O) groups is 2. The number of hydrogen-bond donors (Lipinski definition) is 1. The van der Waals surface area contributed by atoms with Crippen LogP contribution in [0.15, 0.2) is 41.8 Å². The molecular weight excluding hydrogens is 334 g/mol. The van der Waals surface area contributed by atoms with E-state index in [1.165, 1.54) is 11.3 Å². The number of piperazine rings is 1. The predicted octanol–water partition coefficient (Wildman–Crippen LogP) is 2.11. The Kier molecular flexibility index (Phi) is 5.83. The van der Waals surface area contributed by atoms with Crippen LogP contribution in [-0.4, -0.2) is 61.4 Å². The lowest BCUT2D eigenvalue weighted by Gasteiger charge is -2.35. The number of nitrogens with zero attached hydrogens (tertiary/aromatic N) is 2. The van der Waals surface area contributed by atoms with E-state index in [-0.39, 0.29) is 11.8 Å². The van der Waals surface area contributed by atoms with Crippen LogP contribution in [0.1, 0.15) is 25.6 Å². The quantitative estimate of drug-likeness (QED) is 0.892. The van der Waals surface area contributed by atoms with Crippen molar-refractivity contribution in [2.45, 2.75) is 6.42 Å². The monoisotopic (exact) mass is 357 g/mol. The molecule has 25 heavy (non-hydrogen) atoms. The van der Waals surface area contributed by atoms with Crippen molar-refractivity contribution in [3.05, 3.63) is 57.8 Å². The molecule has 0 radical (unpaired) electrons. The van der Waals surface area contributed by atoms with Gasteiger partial charge in [0.1, 0.15) is 0 Å². The summed E-state index contributed by atoms with van der Waals surface area (Å²) in [5.74, 6) is 0.131. The van der Waals surface area contributed by atoms with E-state index in [1.54, 1.807) is 0 Å². The molecule has 1 aromatic carbocycles. The van der Waals surface area contributed by atoms with Gasteiger partial charge in [0.2, 0.25) is 0 Å². The maximum absolute atomic E-state index is 12.9. The van der Waals surface area contributed by atoms with Crippen molar-refractivity contribution in [1.82, 2.24) is 15.1 Å². The van der Waals surface area contributed by atoms with Crippen LogP contribution in [0, 0.1) is 0 Å². The first-order chi connectivity index (χ1) is 12.2. The predicted molar refractivity (Wildman–Crippen MR) is 100 cm³/mol. The van der Waals surface area contributed by atoms with Gasteiger partial charge < -0.3 is 15.1 Å². The third kappa shape index (κ3) is 4.08. The van der Waals surface area contributed by atoms with Gasteiger partial charge in [-0.25, -0.2) is 0 Å². The normalized spacial score (nSPS) is 14.6. The summed E-state index contributed by atoms with van der Waals surface area (Å²) in [6, 6.07) is 11.5. The van der Waals surface area contributed by atoms with Gasteiger partial charge in [-0.2, -0.15) is 0 Å². The molecule has 5 nitrogen and oxygen atoms in total. The van der Waals surface area contributed by atoms with E-state index < -0.39 is 0 Å². The third-order valence-corrected chi connectivity index (χ3v) is 5.34. The van der Waals surface area contributed by atoms with Gasteiger partial charge in [-0.15, -0.1) is 11.3 Å². The van der Waals surface area contributed by atoms with Crippen molar-refractivity contribution in [2.24, 2.45) is 0 Å². The van der Waals surface area contributed by atoms with Crippen LogP contribution >= 0.6 is 11.3 Å². The van der Waals surface area contributed by atoms with Crippen molar-refractivity contribution >= 4 is 23.2 Å². The van der Waals surface area contributed by atoms with E-state index in [9.17, 15) is 9.59 Å².